The zero-order chi connectivity index (χ0) is 10.7. The molecule has 0 radical (unpaired) electrons. The van der Waals surface area contributed by atoms with Gasteiger partial charge in [0.15, 0.2) is 0 Å². The van der Waals surface area contributed by atoms with Gasteiger partial charge in [-0.15, -0.1) is 0 Å². The van der Waals surface area contributed by atoms with Gasteiger partial charge in [0.25, 0.3) is 0 Å². The van der Waals surface area contributed by atoms with E-state index in [1.807, 2.05) is 27.7 Å². The third-order valence-corrected chi connectivity index (χ3v) is 1.63. The van der Waals surface area contributed by atoms with Crippen molar-refractivity contribution in [1.29, 1.82) is 0 Å². The normalized spacial score (nSPS) is 16.5. The highest BCUT2D eigenvalue weighted by Gasteiger charge is 2.31. The van der Waals surface area contributed by atoms with Crippen molar-refractivity contribution in [1.82, 2.24) is 0 Å². The van der Waals surface area contributed by atoms with Crippen molar-refractivity contribution in [2.75, 3.05) is 0 Å². The molecule has 0 aliphatic rings. The Kier molecular flexibility index (Phi) is 3.91. The predicted molar refractivity (Wildman–Crippen MR) is 53.3 cm³/mol. The molecule has 0 amide bonds. The maximum absolute atomic E-state index is 11.5. The van der Waals surface area contributed by atoms with E-state index in [0.29, 0.717) is 6.42 Å². The number of carbonyl (C=O) groups is 1. The summed E-state index contributed by atoms with van der Waals surface area (Å²) in [6.07, 6.45) is 1.54. The fraction of sp³-hybridized carbons (Fsp3) is 0.900. The van der Waals surface area contributed by atoms with Crippen LogP contribution in [0.2, 0.25) is 0 Å². The number of esters is 1. The summed E-state index contributed by atoms with van der Waals surface area (Å²) in [6.45, 7) is 9.23. The quantitative estimate of drug-likeness (QED) is 0.686. The number of hydrogen-bond donors (Lipinski definition) is 1. The van der Waals surface area contributed by atoms with Crippen molar-refractivity contribution < 1.29 is 9.53 Å². The highest BCUT2D eigenvalue weighted by atomic mass is 16.6. The number of ether oxygens (including phenoxy) is 1. The molecule has 78 valence electrons. The molecule has 0 aliphatic carbocycles. The molecule has 0 aromatic rings. The van der Waals surface area contributed by atoms with Crippen LogP contribution in [-0.2, 0) is 9.53 Å². The number of hydrogen-bond acceptors (Lipinski definition) is 3. The lowest BCUT2D eigenvalue weighted by atomic mass is 9.97. The fourth-order valence-corrected chi connectivity index (χ4v) is 1.02. The lowest BCUT2D eigenvalue weighted by Crippen LogP contribution is -2.48. The van der Waals surface area contributed by atoms with Crippen LogP contribution in [0.15, 0.2) is 0 Å². The summed E-state index contributed by atoms with van der Waals surface area (Å²) in [7, 11) is 0. The number of carbonyl (C=O) groups excluding carboxylic acids is 1. The summed E-state index contributed by atoms with van der Waals surface area (Å²) < 4.78 is 5.19. The summed E-state index contributed by atoms with van der Waals surface area (Å²) in [5, 5.41) is 0. The Hall–Kier alpha value is -0.570. The number of rotatable bonds is 3. The zero-order valence-electron chi connectivity index (χ0n) is 9.31. The minimum atomic E-state index is -0.845. The van der Waals surface area contributed by atoms with E-state index < -0.39 is 11.1 Å². The molecule has 0 aromatic carbocycles. The van der Waals surface area contributed by atoms with E-state index in [0.717, 1.165) is 6.42 Å². The van der Waals surface area contributed by atoms with E-state index in [1.165, 1.54) is 0 Å². The molecule has 0 spiro atoms. The SMILES string of the molecule is CCC[C@@](C)(N)C(=O)OC(C)(C)C. The van der Waals surface area contributed by atoms with Crippen LogP contribution in [0.1, 0.15) is 47.5 Å². The van der Waals surface area contributed by atoms with Crippen molar-refractivity contribution >= 4 is 5.97 Å². The van der Waals surface area contributed by atoms with Crippen LogP contribution in [0, 0.1) is 0 Å². The zero-order valence-corrected chi connectivity index (χ0v) is 9.31. The lowest BCUT2D eigenvalue weighted by Gasteiger charge is -2.27. The molecule has 0 unspecified atom stereocenters. The van der Waals surface area contributed by atoms with Gasteiger partial charge in [-0.3, -0.25) is 4.79 Å². The molecule has 0 heterocycles. The van der Waals surface area contributed by atoms with E-state index in [-0.39, 0.29) is 5.97 Å². The molecule has 1 atom stereocenters. The molecular weight excluding hydrogens is 166 g/mol. The molecule has 0 saturated carbocycles. The van der Waals surface area contributed by atoms with Gasteiger partial charge in [0.1, 0.15) is 11.1 Å². The van der Waals surface area contributed by atoms with Gasteiger partial charge in [0.2, 0.25) is 0 Å². The standard InChI is InChI=1S/C10H21NO2/c1-6-7-10(5,11)8(12)13-9(2,3)4/h6-7,11H2,1-5H3/t10-/m1/s1. The van der Waals surface area contributed by atoms with Crippen LogP contribution >= 0.6 is 0 Å². The highest BCUT2D eigenvalue weighted by molar-refractivity contribution is 5.80. The second-order valence-corrected chi connectivity index (χ2v) is 4.67. The minimum absolute atomic E-state index is 0.318. The van der Waals surface area contributed by atoms with Gasteiger partial charge < -0.3 is 10.5 Å². The second kappa shape index (κ2) is 4.09. The van der Waals surface area contributed by atoms with Crippen molar-refractivity contribution in [3.8, 4) is 0 Å². The first-order chi connectivity index (χ1) is 5.69. The van der Waals surface area contributed by atoms with Crippen LogP contribution in [-0.4, -0.2) is 17.1 Å². The fourth-order valence-electron chi connectivity index (χ4n) is 1.02. The molecule has 0 aromatic heterocycles. The largest absolute Gasteiger partial charge is 0.459 e. The molecule has 13 heavy (non-hydrogen) atoms. The van der Waals surface area contributed by atoms with Gasteiger partial charge in [-0.1, -0.05) is 13.3 Å². The van der Waals surface area contributed by atoms with Crippen LogP contribution in [0.25, 0.3) is 0 Å². The Morgan fingerprint density at radius 2 is 1.77 bits per heavy atom. The Labute approximate surface area is 80.6 Å². The van der Waals surface area contributed by atoms with Crippen LogP contribution in [0.3, 0.4) is 0 Å². The maximum atomic E-state index is 11.5. The molecule has 0 saturated heterocycles. The predicted octanol–water partition coefficient (Wildman–Crippen LogP) is 1.85. The second-order valence-electron chi connectivity index (χ2n) is 4.67. The Balaban J connectivity index is 4.25. The van der Waals surface area contributed by atoms with Gasteiger partial charge in [0.05, 0.1) is 0 Å². The Bertz CT molecular complexity index is 180. The monoisotopic (exact) mass is 187 g/mol. The first-order valence-electron chi connectivity index (χ1n) is 4.71. The van der Waals surface area contributed by atoms with Gasteiger partial charge in [-0.2, -0.15) is 0 Å². The molecule has 0 rings (SSSR count). The maximum Gasteiger partial charge on any atom is 0.326 e. The van der Waals surface area contributed by atoms with Crippen molar-refractivity contribution in [3.05, 3.63) is 0 Å². The Morgan fingerprint density at radius 3 is 2.08 bits per heavy atom. The van der Waals surface area contributed by atoms with Crippen molar-refractivity contribution in [2.24, 2.45) is 5.73 Å². The van der Waals surface area contributed by atoms with E-state index >= 15 is 0 Å². The summed E-state index contributed by atoms with van der Waals surface area (Å²) in [5.74, 6) is -0.318. The average Bonchev–Trinajstić information content (AvgIpc) is 1.82. The molecule has 0 bridgehead atoms. The van der Waals surface area contributed by atoms with Gasteiger partial charge in [-0.25, -0.2) is 0 Å². The molecule has 0 aliphatic heterocycles. The molecular formula is C10H21NO2. The Morgan fingerprint density at radius 1 is 1.31 bits per heavy atom. The van der Waals surface area contributed by atoms with Gasteiger partial charge in [0, 0.05) is 0 Å². The number of nitrogens with two attached hydrogens (primary N) is 1. The molecule has 2 N–H and O–H groups in total. The van der Waals surface area contributed by atoms with Crippen LogP contribution in [0.4, 0.5) is 0 Å². The van der Waals surface area contributed by atoms with Crippen LogP contribution < -0.4 is 5.73 Å². The van der Waals surface area contributed by atoms with Crippen molar-refractivity contribution in [2.45, 2.75) is 58.6 Å². The average molecular weight is 187 g/mol. The van der Waals surface area contributed by atoms with E-state index in [9.17, 15) is 4.79 Å². The molecule has 0 fully saturated rings. The first kappa shape index (κ1) is 12.4. The smallest absolute Gasteiger partial charge is 0.326 e. The van der Waals surface area contributed by atoms with E-state index in [4.69, 9.17) is 10.5 Å². The van der Waals surface area contributed by atoms with Gasteiger partial charge in [-0.05, 0) is 34.1 Å². The lowest BCUT2D eigenvalue weighted by molar-refractivity contribution is -0.161. The first-order valence-corrected chi connectivity index (χ1v) is 4.71. The van der Waals surface area contributed by atoms with Crippen LogP contribution in [0.5, 0.6) is 0 Å². The van der Waals surface area contributed by atoms with E-state index in [2.05, 4.69) is 0 Å². The summed E-state index contributed by atoms with van der Waals surface area (Å²) in [5.41, 5.74) is 4.51. The van der Waals surface area contributed by atoms with Crippen molar-refractivity contribution in [3.63, 3.8) is 0 Å². The third kappa shape index (κ3) is 4.88. The van der Waals surface area contributed by atoms with Gasteiger partial charge >= 0.3 is 5.97 Å². The minimum Gasteiger partial charge on any atom is -0.459 e. The molecule has 3 heteroatoms. The molecule has 3 nitrogen and oxygen atoms in total. The third-order valence-electron chi connectivity index (χ3n) is 1.63. The summed E-state index contributed by atoms with van der Waals surface area (Å²) in [6, 6.07) is 0. The summed E-state index contributed by atoms with van der Waals surface area (Å²) in [4.78, 5) is 11.5. The topological polar surface area (TPSA) is 52.3 Å². The highest BCUT2D eigenvalue weighted by Crippen LogP contribution is 2.16. The van der Waals surface area contributed by atoms with E-state index in [1.54, 1.807) is 6.92 Å². The summed E-state index contributed by atoms with van der Waals surface area (Å²) >= 11 is 0.